The molecule has 0 bridgehead atoms. The van der Waals surface area contributed by atoms with Crippen molar-refractivity contribution in [3.05, 3.63) is 22.9 Å². The molecular formula is C11H13BrN2O4S. The molecule has 1 aliphatic rings. The van der Waals surface area contributed by atoms with Gasteiger partial charge in [-0.05, 0) is 35.3 Å². The Kier molecular flexibility index (Phi) is 3.67. The van der Waals surface area contributed by atoms with Crippen molar-refractivity contribution >= 4 is 31.9 Å². The lowest BCUT2D eigenvalue weighted by atomic mass is 9.90. The van der Waals surface area contributed by atoms with Crippen LogP contribution in [-0.2, 0) is 14.8 Å². The van der Waals surface area contributed by atoms with Crippen LogP contribution in [0.25, 0.3) is 0 Å². The molecule has 6 nitrogen and oxygen atoms in total. The molecule has 2 heterocycles. The Morgan fingerprint density at radius 1 is 1.53 bits per heavy atom. The summed E-state index contributed by atoms with van der Waals surface area (Å²) in [6.45, 7) is 1.75. The quantitative estimate of drug-likeness (QED) is 0.890. The van der Waals surface area contributed by atoms with E-state index < -0.39 is 21.4 Å². The Morgan fingerprint density at radius 2 is 2.21 bits per heavy atom. The average Bonchev–Trinajstić information content (AvgIpc) is 2.74. The highest BCUT2D eigenvalue weighted by molar-refractivity contribution is 9.10. The minimum Gasteiger partial charge on any atom is -0.481 e. The van der Waals surface area contributed by atoms with Gasteiger partial charge < -0.3 is 5.11 Å². The molecule has 1 unspecified atom stereocenters. The Balaban J connectivity index is 2.31. The Bertz CT molecular complexity index is 619. The predicted octanol–water partition coefficient (Wildman–Crippen LogP) is 1.33. The lowest BCUT2D eigenvalue weighted by molar-refractivity contribution is -0.146. The van der Waals surface area contributed by atoms with E-state index in [0.717, 1.165) is 0 Å². The van der Waals surface area contributed by atoms with Gasteiger partial charge in [0, 0.05) is 30.0 Å². The van der Waals surface area contributed by atoms with Gasteiger partial charge in [-0.1, -0.05) is 0 Å². The number of hydrogen-bond donors (Lipinski definition) is 1. The van der Waals surface area contributed by atoms with Crippen LogP contribution in [0.15, 0.2) is 27.8 Å². The SMILES string of the molecule is CC1(C(=O)O)CCN(S(=O)(=O)c2cncc(Br)c2)C1. The monoisotopic (exact) mass is 348 g/mol. The van der Waals surface area contributed by atoms with Gasteiger partial charge in [0.05, 0.1) is 5.41 Å². The number of rotatable bonds is 3. The highest BCUT2D eigenvalue weighted by atomic mass is 79.9. The van der Waals surface area contributed by atoms with Gasteiger partial charge in [0.1, 0.15) is 4.90 Å². The Hall–Kier alpha value is -0.990. The second kappa shape index (κ2) is 4.84. The van der Waals surface area contributed by atoms with Gasteiger partial charge >= 0.3 is 5.97 Å². The Labute approximate surface area is 119 Å². The molecule has 0 spiro atoms. The van der Waals surface area contributed by atoms with E-state index in [1.165, 1.54) is 22.8 Å². The summed E-state index contributed by atoms with van der Waals surface area (Å²) in [6, 6.07) is 1.46. The molecule has 19 heavy (non-hydrogen) atoms. The number of carboxylic acids is 1. The summed E-state index contributed by atoms with van der Waals surface area (Å²) in [5.74, 6) is -0.974. The van der Waals surface area contributed by atoms with Crippen LogP contribution in [-0.4, -0.2) is 41.9 Å². The number of carboxylic acid groups (broad SMARTS) is 1. The van der Waals surface area contributed by atoms with E-state index in [4.69, 9.17) is 5.11 Å². The summed E-state index contributed by atoms with van der Waals surface area (Å²) >= 11 is 3.17. The van der Waals surface area contributed by atoms with E-state index in [9.17, 15) is 13.2 Å². The van der Waals surface area contributed by atoms with Gasteiger partial charge in [0.15, 0.2) is 0 Å². The molecule has 0 radical (unpaired) electrons. The zero-order valence-corrected chi connectivity index (χ0v) is 12.6. The highest BCUT2D eigenvalue weighted by Gasteiger charge is 2.44. The second-order valence-corrected chi connectivity index (χ2v) is 7.65. The molecule has 0 aromatic carbocycles. The van der Waals surface area contributed by atoms with Crippen molar-refractivity contribution < 1.29 is 18.3 Å². The Morgan fingerprint density at radius 3 is 2.74 bits per heavy atom. The molecule has 1 aromatic heterocycles. The van der Waals surface area contributed by atoms with Crippen LogP contribution < -0.4 is 0 Å². The minimum absolute atomic E-state index is 0.0167. The molecule has 8 heteroatoms. The first kappa shape index (κ1) is 14.4. The average molecular weight is 349 g/mol. The van der Waals surface area contributed by atoms with Crippen LogP contribution in [0.1, 0.15) is 13.3 Å². The molecule has 1 N–H and O–H groups in total. The second-order valence-electron chi connectivity index (χ2n) is 4.79. The molecule has 1 aromatic rings. The van der Waals surface area contributed by atoms with Crippen LogP contribution in [0.3, 0.4) is 0 Å². The fourth-order valence-corrected chi connectivity index (χ4v) is 4.05. The maximum Gasteiger partial charge on any atom is 0.310 e. The fraction of sp³-hybridized carbons (Fsp3) is 0.455. The van der Waals surface area contributed by atoms with E-state index in [1.807, 2.05) is 0 Å². The number of aliphatic carboxylic acids is 1. The molecule has 1 saturated heterocycles. The van der Waals surface area contributed by atoms with Gasteiger partial charge in [0.25, 0.3) is 0 Å². The molecular weight excluding hydrogens is 336 g/mol. The number of hydrogen-bond acceptors (Lipinski definition) is 4. The molecule has 2 rings (SSSR count). The predicted molar refractivity (Wildman–Crippen MR) is 71.1 cm³/mol. The number of aromatic nitrogens is 1. The topological polar surface area (TPSA) is 87.6 Å². The molecule has 1 aliphatic heterocycles. The summed E-state index contributed by atoms with van der Waals surface area (Å²) in [5, 5.41) is 9.13. The van der Waals surface area contributed by atoms with Crippen LogP contribution >= 0.6 is 15.9 Å². The van der Waals surface area contributed by atoms with Crippen LogP contribution in [0.4, 0.5) is 0 Å². The first-order valence-electron chi connectivity index (χ1n) is 5.60. The van der Waals surface area contributed by atoms with Crippen molar-refractivity contribution in [1.29, 1.82) is 0 Å². The number of halogens is 1. The molecule has 0 amide bonds. The van der Waals surface area contributed by atoms with Crippen LogP contribution in [0.5, 0.6) is 0 Å². The van der Waals surface area contributed by atoms with Crippen molar-refractivity contribution in [3.8, 4) is 0 Å². The van der Waals surface area contributed by atoms with Crippen LogP contribution in [0, 0.1) is 5.41 Å². The number of sulfonamides is 1. The van der Waals surface area contributed by atoms with Crippen molar-refractivity contribution in [2.75, 3.05) is 13.1 Å². The maximum absolute atomic E-state index is 12.4. The van der Waals surface area contributed by atoms with E-state index in [2.05, 4.69) is 20.9 Å². The third-order valence-corrected chi connectivity index (χ3v) is 5.52. The van der Waals surface area contributed by atoms with Crippen molar-refractivity contribution in [2.45, 2.75) is 18.2 Å². The minimum atomic E-state index is -3.69. The standard InChI is InChI=1S/C11H13BrN2O4S/c1-11(10(15)16)2-3-14(7-11)19(17,18)9-4-8(12)5-13-6-9/h4-6H,2-3,7H2,1H3,(H,15,16). The molecule has 104 valence electrons. The number of nitrogens with zero attached hydrogens (tertiary/aromatic N) is 2. The van der Waals surface area contributed by atoms with Gasteiger partial charge in [-0.2, -0.15) is 4.31 Å². The summed E-state index contributed by atoms with van der Waals surface area (Å²) in [6.07, 6.45) is 3.06. The highest BCUT2D eigenvalue weighted by Crippen LogP contribution is 2.33. The van der Waals surface area contributed by atoms with Gasteiger partial charge in [-0.15, -0.1) is 0 Å². The summed E-state index contributed by atoms with van der Waals surface area (Å²) < 4.78 is 26.5. The zero-order valence-electron chi connectivity index (χ0n) is 10.2. The van der Waals surface area contributed by atoms with E-state index >= 15 is 0 Å². The van der Waals surface area contributed by atoms with Crippen molar-refractivity contribution in [3.63, 3.8) is 0 Å². The fourth-order valence-electron chi connectivity index (χ4n) is 1.98. The lowest BCUT2D eigenvalue weighted by Crippen LogP contribution is -2.34. The number of carbonyl (C=O) groups is 1. The first-order valence-corrected chi connectivity index (χ1v) is 7.83. The molecule has 0 aliphatic carbocycles. The lowest BCUT2D eigenvalue weighted by Gasteiger charge is -2.19. The molecule has 1 fully saturated rings. The van der Waals surface area contributed by atoms with E-state index in [1.54, 1.807) is 6.92 Å². The third-order valence-electron chi connectivity index (χ3n) is 3.27. The van der Waals surface area contributed by atoms with Gasteiger partial charge in [-0.25, -0.2) is 8.42 Å². The van der Waals surface area contributed by atoms with Crippen molar-refractivity contribution in [1.82, 2.24) is 9.29 Å². The molecule has 1 atom stereocenters. The summed E-state index contributed by atoms with van der Waals surface area (Å²) in [7, 11) is -3.69. The van der Waals surface area contributed by atoms with E-state index in [0.29, 0.717) is 10.9 Å². The normalized spacial score (nSPS) is 24.5. The molecule has 0 saturated carbocycles. The number of pyridine rings is 1. The summed E-state index contributed by atoms with van der Waals surface area (Å²) in [5.41, 5.74) is -1.02. The first-order chi connectivity index (χ1) is 8.75. The third kappa shape index (κ3) is 2.65. The maximum atomic E-state index is 12.4. The largest absolute Gasteiger partial charge is 0.481 e. The summed E-state index contributed by atoms with van der Waals surface area (Å²) in [4.78, 5) is 15.0. The van der Waals surface area contributed by atoms with Crippen LogP contribution in [0.2, 0.25) is 0 Å². The van der Waals surface area contributed by atoms with E-state index in [-0.39, 0.29) is 18.0 Å². The van der Waals surface area contributed by atoms with Gasteiger partial charge in [-0.3, -0.25) is 9.78 Å². The van der Waals surface area contributed by atoms with Gasteiger partial charge in [0.2, 0.25) is 10.0 Å². The van der Waals surface area contributed by atoms with Crippen molar-refractivity contribution in [2.24, 2.45) is 5.41 Å². The zero-order chi connectivity index (χ0) is 14.3. The smallest absolute Gasteiger partial charge is 0.310 e.